The van der Waals surface area contributed by atoms with Crippen LogP contribution in [0.1, 0.15) is 36.0 Å². The highest BCUT2D eigenvalue weighted by molar-refractivity contribution is 5.96. The number of carbonyl (C=O) groups is 1. The summed E-state index contributed by atoms with van der Waals surface area (Å²) < 4.78 is 11.1. The van der Waals surface area contributed by atoms with Crippen molar-refractivity contribution in [2.45, 2.75) is 31.8 Å². The maximum atomic E-state index is 11.7. The van der Waals surface area contributed by atoms with Crippen LogP contribution in [0.5, 0.6) is 11.5 Å². The zero-order chi connectivity index (χ0) is 13.0. The molecule has 4 heteroatoms. The number of nitrogens with two attached hydrogens (primary N) is 1. The predicted octanol–water partition coefficient (Wildman–Crippen LogP) is 2.16. The second-order valence-electron chi connectivity index (χ2n) is 4.50. The third-order valence-electron chi connectivity index (χ3n) is 3.20. The van der Waals surface area contributed by atoms with Gasteiger partial charge in [0.15, 0.2) is 17.3 Å². The summed E-state index contributed by atoms with van der Waals surface area (Å²) in [4.78, 5) is 11.7. The molecule has 1 saturated carbocycles. The number of hydrogen-bond donors (Lipinski definition) is 1. The largest absolute Gasteiger partial charge is 0.493 e. The van der Waals surface area contributed by atoms with E-state index in [4.69, 9.17) is 15.2 Å². The van der Waals surface area contributed by atoms with Gasteiger partial charge < -0.3 is 15.2 Å². The van der Waals surface area contributed by atoms with Crippen molar-refractivity contribution in [2.75, 3.05) is 13.7 Å². The van der Waals surface area contributed by atoms with Gasteiger partial charge in [0.25, 0.3) is 0 Å². The molecule has 98 valence electrons. The molecule has 4 nitrogen and oxygen atoms in total. The van der Waals surface area contributed by atoms with Gasteiger partial charge in [-0.2, -0.15) is 0 Å². The van der Waals surface area contributed by atoms with Crippen LogP contribution >= 0.6 is 0 Å². The van der Waals surface area contributed by atoms with Gasteiger partial charge in [-0.25, -0.2) is 0 Å². The molecule has 2 rings (SSSR count). The molecule has 0 unspecified atom stereocenters. The van der Waals surface area contributed by atoms with Crippen LogP contribution in [0.25, 0.3) is 0 Å². The van der Waals surface area contributed by atoms with Crippen molar-refractivity contribution in [1.82, 2.24) is 0 Å². The average molecular weight is 249 g/mol. The number of Topliss-reactive ketones (excluding diaryl/α,β-unsaturated/α-hetero) is 1. The molecule has 0 amide bonds. The van der Waals surface area contributed by atoms with Crippen molar-refractivity contribution in [3.8, 4) is 11.5 Å². The molecule has 0 spiro atoms. The smallest absolute Gasteiger partial charge is 0.164 e. The summed E-state index contributed by atoms with van der Waals surface area (Å²) in [6, 6.07) is 5.31. The number of carbonyl (C=O) groups excluding carboxylic acids is 1. The first-order chi connectivity index (χ1) is 8.74. The minimum absolute atomic E-state index is 0.0333. The summed E-state index contributed by atoms with van der Waals surface area (Å²) in [5.74, 6) is 1.36. The molecule has 1 aromatic rings. The van der Waals surface area contributed by atoms with Crippen LogP contribution in [0.4, 0.5) is 0 Å². The van der Waals surface area contributed by atoms with Crippen LogP contribution in [-0.4, -0.2) is 25.5 Å². The molecular formula is C14H19NO3. The second-order valence-corrected chi connectivity index (χ2v) is 4.50. The van der Waals surface area contributed by atoms with Crippen molar-refractivity contribution >= 4 is 5.78 Å². The molecule has 1 aromatic carbocycles. The van der Waals surface area contributed by atoms with Gasteiger partial charge in [0.1, 0.15) is 0 Å². The van der Waals surface area contributed by atoms with Crippen LogP contribution in [0.15, 0.2) is 18.2 Å². The Morgan fingerprint density at radius 3 is 2.72 bits per heavy atom. The van der Waals surface area contributed by atoms with Crippen LogP contribution < -0.4 is 15.2 Å². The molecule has 2 N–H and O–H groups in total. The fraction of sp³-hybridized carbons (Fsp3) is 0.500. The van der Waals surface area contributed by atoms with E-state index in [1.807, 2.05) is 0 Å². The standard InChI is InChI=1S/C14H19NO3/c1-17-14-9-10(12(16)7-8-15)5-6-13(14)18-11-3-2-4-11/h5-6,9,11H,2-4,7-8,15H2,1H3. The summed E-state index contributed by atoms with van der Waals surface area (Å²) in [7, 11) is 1.58. The lowest BCUT2D eigenvalue weighted by Crippen LogP contribution is -2.24. The molecule has 1 aliphatic carbocycles. The zero-order valence-corrected chi connectivity index (χ0v) is 10.6. The summed E-state index contributed by atoms with van der Waals surface area (Å²) in [6.07, 6.45) is 4.06. The summed E-state index contributed by atoms with van der Waals surface area (Å²) >= 11 is 0. The Bertz CT molecular complexity index is 427. The number of ketones is 1. The molecule has 0 saturated heterocycles. The molecule has 0 aliphatic heterocycles. The van der Waals surface area contributed by atoms with Crippen LogP contribution in [0.3, 0.4) is 0 Å². The molecule has 0 radical (unpaired) electrons. The number of methoxy groups -OCH3 is 1. The van der Waals surface area contributed by atoms with Crippen molar-refractivity contribution in [3.05, 3.63) is 23.8 Å². The van der Waals surface area contributed by atoms with Crippen molar-refractivity contribution in [3.63, 3.8) is 0 Å². The number of hydrogen-bond acceptors (Lipinski definition) is 4. The molecule has 0 bridgehead atoms. The molecule has 0 heterocycles. The average Bonchev–Trinajstić information content (AvgIpc) is 2.34. The van der Waals surface area contributed by atoms with Crippen molar-refractivity contribution in [2.24, 2.45) is 5.73 Å². The topological polar surface area (TPSA) is 61.5 Å². The maximum absolute atomic E-state index is 11.7. The molecule has 0 aromatic heterocycles. The fourth-order valence-corrected chi connectivity index (χ4v) is 1.88. The summed E-state index contributed by atoms with van der Waals surface area (Å²) in [5, 5.41) is 0. The first-order valence-electron chi connectivity index (χ1n) is 6.32. The Morgan fingerprint density at radius 1 is 1.39 bits per heavy atom. The number of benzene rings is 1. The van der Waals surface area contributed by atoms with E-state index in [1.54, 1.807) is 25.3 Å². The first kappa shape index (κ1) is 12.9. The minimum atomic E-state index is 0.0333. The summed E-state index contributed by atoms with van der Waals surface area (Å²) in [5.41, 5.74) is 6.01. The maximum Gasteiger partial charge on any atom is 0.164 e. The van der Waals surface area contributed by atoms with E-state index in [-0.39, 0.29) is 5.78 Å². The lowest BCUT2D eigenvalue weighted by atomic mass is 9.96. The zero-order valence-electron chi connectivity index (χ0n) is 10.6. The normalized spacial score (nSPS) is 15.0. The van der Waals surface area contributed by atoms with Gasteiger partial charge >= 0.3 is 0 Å². The van der Waals surface area contributed by atoms with Gasteiger partial charge in [-0.15, -0.1) is 0 Å². The number of rotatable bonds is 6. The SMILES string of the molecule is COc1cc(C(=O)CCN)ccc1OC1CCC1. The van der Waals surface area contributed by atoms with Gasteiger partial charge in [-0.1, -0.05) is 0 Å². The Morgan fingerprint density at radius 2 is 2.17 bits per heavy atom. The van der Waals surface area contributed by atoms with E-state index in [9.17, 15) is 4.79 Å². The van der Waals surface area contributed by atoms with Gasteiger partial charge in [0, 0.05) is 12.0 Å². The third-order valence-corrected chi connectivity index (χ3v) is 3.20. The molecular weight excluding hydrogens is 230 g/mol. The Kier molecular flexibility index (Phi) is 4.20. The van der Waals surface area contributed by atoms with Gasteiger partial charge in [0.2, 0.25) is 0 Å². The van der Waals surface area contributed by atoms with Crippen LogP contribution in [0, 0.1) is 0 Å². The van der Waals surface area contributed by atoms with Gasteiger partial charge in [0.05, 0.1) is 13.2 Å². The van der Waals surface area contributed by atoms with Crippen molar-refractivity contribution in [1.29, 1.82) is 0 Å². The van der Waals surface area contributed by atoms with E-state index in [2.05, 4.69) is 0 Å². The lowest BCUT2D eigenvalue weighted by Gasteiger charge is -2.27. The third kappa shape index (κ3) is 2.82. The molecule has 1 fully saturated rings. The number of ether oxygens (including phenoxy) is 2. The van der Waals surface area contributed by atoms with E-state index >= 15 is 0 Å². The monoisotopic (exact) mass is 249 g/mol. The first-order valence-corrected chi connectivity index (χ1v) is 6.32. The van der Waals surface area contributed by atoms with Crippen LogP contribution in [0.2, 0.25) is 0 Å². The molecule has 18 heavy (non-hydrogen) atoms. The quantitative estimate of drug-likeness (QED) is 0.785. The second kappa shape index (κ2) is 5.87. The van der Waals surface area contributed by atoms with Crippen LogP contribution in [-0.2, 0) is 0 Å². The van der Waals surface area contributed by atoms with E-state index < -0.39 is 0 Å². The minimum Gasteiger partial charge on any atom is -0.493 e. The highest BCUT2D eigenvalue weighted by atomic mass is 16.5. The van der Waals surface area contributed by atoms with E-state index in [1.165, 1.54) is 6.42 Å². The van der Waals surface area contributed by atoms with Gasteiger partial charge in [-0.3, -0.25) is 4.79 Å². The predicted molar refractivity (Wildman–Crippen MR) is 69.3 cm³/mol. The van der Waals surface area contributed by atoms with E-state index in [0.29, 0.717) is 36.1 Å². The summed E-state index contributed by atoms with van der Waals surface area (Å²) in [6.45, 7) is 0.363. The Balaban J connectivity index is 2.13. The Labute approximate surface area is 107 Å². The highest BCUT2D eigenvalue weighted by Gasteiger charge is 2.21. The lowest BCUT2D eigenvalue weighted by molar-refractivity contribution is 0.0984. The molecule has 0 atom stereocenters. The molecule has 1 aliphatic rings. The Hall–Kier alpha value is -1.55. The highest BCUT2D eigenvalue weighted by Crippen LogP contribution is 2.33. The van der Waals surface area contributed by atoms with E-state index in [0.717, 1.165) is 12.8 Å². The van der Waals surface area contributed by atoms with Crippen molar-refractivity contribution < 1.29 is 14.3 Å². The fourth-order valence-electron chi connectivity index (χ4n) is 1.88. The van der Waals surface area contributed by atoms with Gasteiger partial charge in [-0.05, 0) is 44.0 Å².